The number of aryl methyl sites for hydroxylation is 1. The monoisotopic (exact) mass is 307 g/mol. The summed E-state index contributed by atoms with van der Waals surface area (Å²) in [5, 5.41) is 3.66. The van der Waals surface area contributed by atoms with Crippen LogP contribution in [0.5, 0.6) is 0 Å². The molecule has 2 aromatic rings. The number of rotatable bonds is 4. The topological polar surface area (TPSA) is 46.9 Å². The zero-order chi connectivity index (χ0) is 13.0. The minimum Gasteiger partial charge on any atom is -0.347 e. The number of benzene rings is 1. The molecule has 0 aliphatic rings. The molecule has 0 unspecified atom stereocenters. The SMILES string of the molecule is Cn1cnc(C(=O)NCc2cccc(CBr)c2)c1. The van der Waals surface area contributed by atoms with Gasteiger partial charge < -0.3 is 9.88 Å². The maximum atomic E-state index is 11.8. The molecular formula is C13H14BrN3O. The summed E-state index contributed by atoms with van der Waals surface area (Å²) < 4.78 is 1.75. The van der Waals surface area contributed by atoms with Crippen molar-refractivity contribution in [3.8, 4) is 0 Å². The standard InChI is InChI=1S/C13H14BrN3O/c1-17-8-12(16-9-17)13(18)15-7-11-4-2-3-10(5-11)6-14/h2-5,8-9H,6-7H2,1H3,(H,15,18). The van der Waals surface area contributed by atoms with Gasteiger partial charge in [0, 0.05) is 25.1 Å². The van der Waals surface area contributed by atoms with Crippen molar-refractivity contribution in [3.05, 3.63) is 53.6 Å². The van der Waals surface area contributed by atoms with Crippen LogP contribution in [0.2, 0.25) is 0 Å². The van der Waals surface area contributed by atoms with Gasteiger partial charge >= 0.3 is 0 Å². The molecule has 1 aromatic carbocycles. The number of halogens is 1. The Morgan fingerprint density at radius 1 is 1.44 bits per heavy atom. The lowest BCUT2D eigenvalue weighted by atomic mass is 10.1. The molecule has 4 nitrogen and oxygen atoms in total. The average Bonchev–Trinajstić information content (AvgIpc) is 2.83. The van der Waals surface area contributed by atoms with E-state index >= 15 is 0 Å². The van der Waals surface area contributed by atoms with Crippen LogP contribution in [0, 0.1) is 0 Å². The summed E-state index contributed by atoms with van der Waals surface area (Å²) in [4.78, 5) is 15.8. The van der Waals surface area contributed by atoms with E-state index in [1.165, 1.54) is 5.56 Å². The predicted molar refractivity (Wildman–Crippen MR) is 73.5 cm³/mol. The lowest BCUT2D eigenvalue weighted by Gasteiger charge is -2.05. The Balaban J connectivity index is 1.97. The van der Waals surface area contributed by atoms with E-state index in [4.69, 9.17) is 0 Å². The Kier molecular flexibility index (Phi) is 4.15. The average molecular weight is 308 g/mol. The first kappa shape index (κ1) is 12.8. The largest absolute Gasteiger partial charge is 0.347 e. The first-order valence-electron chi connectivity index (χ1n) is 5.59. The van der Waals surface area contributed by atoms with Crippen molar-refractivity contribution in [1.29, 1.82) is 0 Å². The molecule has 0 aliphatic heterocycles. The second-order valence-corrected chi connectivity index (χ2v) is 4.62. The van der Waals surface area contributed by atoms with E-state index in [0.717, 1.165) is 10.9 Å². The van der Waals surface area contributed by atoms with Crippen LogP contribution in [0.25, 0.3) is 0 Å². The second-order valence-electron chi connectivity index (χ2n) is 4.06. The Labute approximate surface area is 114 Å². The molecule has 18 heavy (non-hydrogen) atoms. The summed E-state index contributed by atoms with van der Waals surface area (Å²) in [7, 11) is 1.84. The van der Waals surface area contributed by atoms with Crippen molar-refractivity contribution in [2.24, 2.45) is 7.05 Å². The van der Waals surface area contributed by atoms with Gasteiger partial charge in [0.1, 0.15) is 5.69 Å². The summed E-state index contributed by atoms with van der Waals surface area (Å²) >= 11 is 3.41. The predicted octanol–water partition coefficient (Wildman–Crippen LogP) is 2.25. The molecule has 1 heterocycles. The van der Waals surface area contributed by atoms with E-state index in [0.29, 0.717) is 12.2 Å². The highest BCUT2D eigenvalue weighted by Gasteiger charge is 2.07. The van der Waals surface area contributed by atoms with Crippen LogP contribution in [0.4, 0.5) is 0 Å². The highest BCUT2D eigenvalue weighted by molar-refractivity contribution is 9.08. The molecule has 94 valence electrons. The van der Waals surface area contributed by atoms with Gasteiger partial charge in [0.2, 0.25) is 0 Å². The third-order valence-electron chi connectivity index (χ3n) is 2.54. The fraction of sp³-hybridized carbons (Fsp3) is 0.231. The van der Waals surface area contributed by atoms with E-state index in [-0.39, 0.29) is 5.91 Å². The number of aromatic nitrogens is 2. The first-order chi connectivity index (χ1) is 8.69. The highest BCUT2D eigenvalue weighted by Crippen LogP contribution is 2.08. The molecule has 0 saturated heterocycles. The highest BCUT2D eigenvalue weighted by atomic mass is 79.9. The van der Waals surface area contributed by atoms with Crippen molar-refractivity contribution in [2.45, 2.75) is 11.9 Å². The van der Waals surface area contributed by atoms with Gasteiger partial charge in [-0.2, -0.15) is 0 Å². The molecule has 1 N–H and O–H groups in total. The van der Waals surface area contributed by atoms with Crippen LogP contribution in [0.3, 0.4) is 0 Å². The number of carbonyl (C=O) groups excluding carboxylic acids is 1. The van der Waals surface area contributed by atoms with Gasteiger partial charge in [-0.1, -0.05) is 40.2 Å². The summed E-state index contributed by atoms with van der Waals surface area (Å²) in [5.74, 6) is -0.153. The molecule has 0 radical (unpaired) electrons. The van der Waals surface area contributed by atoms with E-state index in [1.54, 1.807) is 17.1 Å². The summed E-state index contributed by atoms with van der Waals surface area (Å²) in [6.07, 6.45) is 3.31. The van der Waals surface area contributed by atoms with E-state index in [9.17, 15) is 4.79 Å². The van der Waals surface area contributed by atoms with Gasteiger partial charge in [-0.05, 0) is 11.1 Å². The van der Waals surface area contributed by atoms with Gasteiger partial charge in [0.15, 0.2) is 0 Å². The maximum Gasteiger partial charge on any atom is 0.271 e. The Morgan fingerprint density at radius 2 is 2.22 bits per heavy atom. The van der Waals surface area contributed by atoms with Gasteiger partial charge in [0.05, 0.1) is 6.33 Å². The molecule has 5 heteroatoms. The van der Waals surface area contributed by atoms with Gasteiger partial charge in [-0.25, -0.2) is 4.98 Å². The van der Waals surface area contributed by atoms with Crippen LogP contribution < -0.4 is 5.32 Å². The lowest BCUT2D eigenvalue weighted by Crippen LogP contribution is -2.23. The fourth-order valence-electron chi connectivity index (χ4n) is 1.63. The molecule has 0 atom stereocenters. The van der Waals surface area contributed by atoms with E-state index < -0.39 is 0 Å². The van der Waals surface area contributed by atoms with Crippen LogP contribution >= 0.6 is 15.9 Å². The minimum absolute atomic E-state index is 0.153. The molecule has 1 aromatic heterocycles. The van der Waals surface area contributed by atoms with Crippen molar-refractivity contribution >= 4 is 21.8 Å². The zero-order valence-electron chi connectivity index (χ0n) is 10.1. The Bertz CT molecular complexity index is 551. The molecule has 1 amide bonds. The summed E-state index contributed by atoms with van der Waals surface area (Å²) in [6.45, 7) is 0.510. The van der Waals surface area contributed by atoms with Crippen molar-refractivity contribution in [3.63, 3.8) is 0 Å². The van der Waals surface area contributed by atoms with Crippen LogP contribution in [0.1, 0.15) is 21.6 Å². The Morgan fingerprint density at radius 3 is 2.89 bits per heavy atom. The maximum absolute atomic E-state index is 11.8. The summed E-state index contributed by atoms with van der Waals surface area (Å²) in [5.41, 5.74) is 2.71. The number of imidazole rings is 1. The number of alkyl halides is 1. The van der Waals surface area contributed by atoms with Crippen LogP contribution in [0.15, 0.2) is 36.8 Å². The Hall–Kier alpha value is -1.62. The number of hydrogen-bond donors (Lipinski definition) is 1. The van der Waals surface area contributed by atoms with E-state index in [2.05, 4.69) is 32.3 Å². The molecule has 0 fully saturated rings. The molecule has 0 bridgehead atoms. The minimum atomic E-state index is -0.153. The van der Waals surface area contributed by atoms with Gasteiger partial charge in [-0.15, -0.1) is 0 Å². The van der Waals surface area contributed by atoms with E-state index in [1.807, 2.05) is 25.2 Å². The smallest absolute Gasteiger partial charge is 0.271 e. The first-order valence-corrected chi connectivity index (χ1v) is 6.71. The van der Waals surface area contributed by atoms with Crippen LogP contribution in [-0.2, 0) is 18.9 Å². The number of carbonyl (C=O) groups is 1. The summed E-state index contributed by atoms with van der Waals surface area (Å²) in [6, 6.07) is 8.08. The van der Waals surface area contributed by atoms with Crippen molar-refractivity contribution in [2.75, 3.05) is 0 Å². The number of hydrogen-bond acceptors (Lipinski definition) is 2. The molecule has 0 aliphatic carbocycles. The number of nitrogens with one attached hydrogen (secondary N) is 1. The number of nitrogens with zero attached hydrogens (tertiary/aromatic N) is 2. The lowest BCUT2D eigenvalue weighted by molar-refractivity contribution is 0.0946. The van der Waals surface area contributed by atoms with Crippen LogP contribution in [-0.4, -0.2) is 15.5 Å². The van der Waals surface area contributed by atoms with Crippen molar-refractivity contribution < 1.29 is 4.79 Å². The molecular weight excluding hydrogens is 294 g/mol. The van der Waals surface area contributed by atoms with Gasteiger partial charge in [0.25, 0.3) is 5.91 Å². The third kappa shape index (κ3) is 3.20. The fourth-order valence-corrected chi connectivity index (χ4v) is 1.97. The van der Waals surface area contributed by atoms with Gasteiger partial charge in [-0.3, -0.25) is 4.79 Å². The normalized spacial score (nSPS) is 10.3. The zero-order valence-corrected chi connectivity index (χ0v) is 11.6. The third-order valence-corrected chi connectivity index (χ3v) is 3.18. The quantitative estimate of drug-likeness (QED) is 0.881. The second kappa shape index (κ2) is 5.82. The molecule has 0 saturated carbocycles. The molecule has 0 spiro atoms. The molecule has 2 rings (SSSR count). The van der Waals surface area contributed by atoms with Crippen molar-refractivity contribution in [1.82, 2.24) is 14.9 Å². The number of amides is 1.